The topological polar surface area (TPSA) is 76.0 Å². The Morgan fingerprint density at radius 1 is 1.23 bits per heavy atom. The fourth-order valence-corrected chi connectivity index (χ4v) is 2.92. The van der Waals surface area contributed by atoms with E-state index in [1.165, 1.54) is 6.08 Å². The third-order valence-electron chi connectivity index (χ3n) is 4.59. The van der Waals surface area contributed by atoms with Gasteiger partial charge in [-0.3, -0.25) is 4.79 Å². The standard InChI is InChI=1S/C21H22O5/c1-21(2)19(24)12-16-18(25-3)11-9-15(20(16)26-21)17(23)10-6-13-4-7-14(22)8-5-13/h4-11,19,22,24H,12H2,1-3H3/b10-6+/t19-/m0/s1. The fourth-order valence-electron chi connectivity index (χ4n) is 2.92. The van der Waals surface area contributed by atoms with Crippen molar-refractivity contribution in [3.8, 4) is 17.2 Å². The van der Waals surface area contributed by atoms with Gasteiger partial charge in [-0.2, -0.15) is 0 Å². The van der Waals surface area contributed by atoms with Crippen LogP contribution in [-0.4, -0.2) is 34.8 Å². The Labute approximate surface area is 152 Å². The normalized spacial score (nSPS) is 18.2. The molecule has 0 bridgehead atoms. The first-order chi connectivity index (χ1) is 12.3. The van der Waals surface area contributed by atoms with Gasteiger partial charge in [-0.25, -0.2) is 0 Å². The summed E-state index contributed by atoms with van der Waals surface area (Å²) in [6.07, 6.45) is 2.81. The largest absolute Gasteiger partial charge is 0.508 e. The first kappa shape index (κ1) is 18.0. The van der Waals surface area contributed by atoms with Crippen molar-refractivity contribution in [2.45, 2.75) is 32.0 Å². The summed E-state index contributed by atoms with van der Waals surface area (Å²) < 4.78 is 11.3. The van der Waals surface area contributed by atoms with Crippen LogP contribution < -0.4 is 9.47 Å². The molecule has 0 saturated heterocycles. The van der Waals surface area contributed by atoms with Crippen molar-refractivity contribution in [2.75, 3.05) is 7.11 Å². The molecule has 1 atom stereocenters. The SMILES string of the molecule is COc1ccc(C(=O)/C=C/c2ccc(O)cc2)c2c1C[C@H](O)C(C)(C)O2. The van der Waals surface area contributed by atoms with Crippen LogP contribution in [0.4, 0.5) is 0 Å². The van der Waals surface area contributed by atoms with Gasteiger partial charge < -0.3 is 19.7 Å². The Kier molecular flexibility index (Phi) is 4.74. The summed E-state index contributed by atoms with van der Waals surface area (Å²) in [6.45, 7) is 3.58. The lowest BCUT2D eigenvalue weighted by atomic mass is 9.88. The van der Waals surface area contributed by atoms with Gasteiger partial charge in [0.1, 0.15) is 22.8 Å². The van der Waals surface area contributed by atoms with E-state index in [0.717, 1.165) is 5.56 Å². The zero-order valence-electron chi connectivity index (χ0n) is 15.0. The van der Waals surface area contributed by atoms with Crippen LogP contribution in [0.5, 0.6) is 17.2 Å². The lowest BCUT2D eigenvalue weighted by molar-refractivity contribution is -0.0420. The second-order valence-electron chi connectivity index (χ2n) is 6.84. The Balaban J connectivity index is 1.96. The number of aromatic hydroxyl groups is 1. The first-order valence-corrected chi connectivity index (χ1v) is 8.40. The average Bonchev–Trinajstić information content (AvgIpc) is 2.61. The summed E-state index contributed by atoms with van der Waals surface area (Å²) in [6, 6.07) is 9.96. The second kappa shape index (κ2) is 6.84. The Bertz CT molecular complexity index is 849. The van der Waals surface area contributed by atoms with Crippen molar-refractivity contribution in [2.24, 2.45) is 0 Å². The number of fused-ring (bicyclic) bond motifs is 1. The lowest BCUT2D eigenvalue weighted by Gasteiger charge is -2.38. The molecule has 136 valence electrons. The van der Waals surface area contributed by atoms with Crippen LogP contribution in [0.2, 0.25) is 0 Å². The van der Waals surface area contributed by atoms with E-state index in [9.17, 15) is 15.0 Å². The zero-order valence-corrected chi connectivity index (χ0v) is 15.0. The van der Waals surface area contributed by atoms with Gasteiger partial charge in [0, 0.05) is 12.0 Å². The van der Waals surface area contributed by atoms with Gasteiger partial charge in [-0.1, -0.05) is 18.2 Å². The number of rotatable bonds is 4. The van der Waals surface area contributed by atoms with Gasteiger partial charge >= 0.3 is 0 Å². The van der Waals surface area contributed by atoms with Gasteiger partial charge in [0.2, 0.25) is 0 Å². The van der Waals surface area contributed by atoms with Gasteiger partial charge in [-0.05, 0) is 49.8 Å². The number of phenolic OH excluding ortho intramolecular Hbond substituents is 1. The van der Waals surface area contributed by atoms with E-state index in [0.29, 0.717) is 29.0 Å². The smallest absolute Gasteiger partial charge is 0.189 e. The van der Waals surface area contributed by atoms with Crippen LogP contribution >= 0.6 is 0 Å². The maximum absolute atomic E-state index is 12.7. The minimum absolute atomic E-state index is 0.173. The van der Waals surface area contributed by atoms with Crippen LogP contribution in [0.3, 0.4) is 0 Å². The number of aliphatic hydroxyl groups excluding tert-OH is 1. The van der Waals surface area contributed by atoms with E-state index in [-0.39, 0.29) is 11.5 Å². The molecule has 2 N–H and O–H groups in total. The van der Waals surface area contributed by atoms with Crippen LogP contribution in [0.1, 0.15) is 35.3 Å². The number of ketones is 1. The molecule has 0 unspecified atom stereocenters. The van der Waals surface area contributed by atoms with Crippen molar-refractivity contribution < 1.29 is 24.5 Å². The number of methoxy groups -OCH3 is 1. The highest BCUT2D eigenvalue weighted by atomic mass is 16.5. The van der Waals surface area contributed by atoms with E-state index in [1.807, 2.05) is 0 Å². The van der Waals surface area contributed by atoms with E-state index in [2.05, 4.69) is 0 Å². The summed E-state index contributed by atoms with van der Waals surface area (Å²) >= 11 is 0. The molecule has 0 radical (unpaired) electrons. The number of phenols is 1. The van der Waals surface area contributed by atoms with Crippen molar-refractivity contribution in [1.82, 2.24) is 0 Å². The molecule has 0 fully saturated rings. The van der Waals surface area contributed by atoms with Crippen LogP contribution in [0.15, 0.2) is 42.5 Å². The lowest BCUT2D eigenvalue weighted by Crippen LogP contribution is -2.46. The molecule has 2 aromatic carbocycles. The summed E-state index contributed by atoms with van der Waals surface area (Å²) in [5.41, 5.74) is 1.13. The molecule has 5 heteroatoms. The van der Waals surface area contributed by atoms with E-state index in [4.69, 9.17) is 9.47 Å². The highest BCUT2D eigenvalue weighted by Gasteiger charge is 2.38. The Morgan fingerprint density at radius 3 is 2.58 bits per heavy atom. The molecule has 0 amide bonds. The highest BCUT2D eigenvalue weighted by Crippen LogP contribution is 2.41. The summed E-state index contributed by atoms with van der Waals surface area (Å²) in [7, 11) is 1.55. The van der Waals surface area contributed by atoms with Crippen molar-refractivity contribution in [1.29, 1.82) is 0 Å². The van der Waals surface area contributed by atoms with Gasteiger partial charge in [-0.15, -0.1) is 0 Å². The van der Waals surface area contributed by atoms with Gasteiger partial charge in [0.25, 0.3) is 0 Å². The molecule has 1 aliphatic rings. The molecule has 26 heavy (non-hydrogen) atoms. The van der Waals surface area contributed by atoms with E-state index < -0.39 is 11.7 Å². The van der Waals surface area contributed by atoms with Gasteiger partial charge in [0.15, 0.2) is 5.78 Å². The molecule has 0 saturated carbocycles. The minimum atomic E-state index is -0.797. The quantitative estimate of drug-likeness (QED) is 0.650. The van der Waals surface area contributed by atoms with Crippen molar-refractivity contribution >= 4 is 11.9 Å². The predicted molar refractivity (Wildman–Crippen MR) is 98.9 cm³/mol. The average molecular weight is 354 g/mol. The maximum atomic E-state index is 12.7. The van der Waals surface area contributed by atoms with Crippen LogP contribution in [0.25, 0.3) is 6.08 Å². The fraction of sp³-hybridized carbons (Fsp3) is 0.286. The summed E-state index contributed by atoms with van der Waals surface area (Å²) in [4.78, 5) is 12.7. The van der Waals surface area contributed by atoms with Crippen LogP contribution in [0, 0.1) is 0 Å². The zero-order chi connectivity index (χ0) is 18.9. The minimum Gasteiger partial charge on any atom is -0.508 e. The second-order valence-corrected chi connectivity index (χ2v) is 6.84. The number of hydrogen-bond donors (Lipinski definition) is 2. The van der Waals surface area contributed by atoms with Crippen molar-refractivity contribution in [3.63, 3.8) is 0 Å². The third-order valence-corrected chi connectivity index (χ3v) is 4.59. The number of carbonyl (C=O) groups is 1. The number of allylic oxidation sites excluding steroid dienone is 1. The summed E-state index contributed by atoms with van der Waals surface area (Å²) in [5.74, 6) is 1.02. The van der Waals surface area contributed by atoms with Crippen LogP contribution in [-0.2, 0) is 6.42 Å². The molecule has 0 aromatic heterocycles. The molecule has 2 aromatic rings. The highest BCUT2D eigenvalue weighted by molar-refractivity contribution is 6.09. The monoisotopic (exact) mass is 354 g/mol. The number of aliphatic hydroxyl groups is 1. The number of carbonyl (C=O) groups excluding carboxylic acids is 1. The Hall–Kier alpha value is -2.79. The summed E-state index contributed by atoms with van der Waals surface area (Å²) in [5, 5.41) is 19.6. The molecule has 0 spiro atoms. The molecule has 1 heterocycles. The molecule has 3 rings (SSSR count). The molecular formula is C21H22O5. The van der Waals surface area contributed by atoms with E-state index >= 15 is 0 Å². The molecule has 1 aliphatic heterocycles. The first-order valence-electron chi connectivity index (χ1n) is 8.40. The number of benzene rings is 2. The molecule has 0 aliphatic carbocycles. The number of ether oxygens (including phenoxy) is 2. The molecule has 5 nitrogen and oxygen atoms in total. The van der Waals surface area contributed by atoms with Gasteiger partial charge in [0.05, 0.1) is 18.8 Å². The van der Waals surface area contributed by atoms with Crippen molar-refractivity contribution in [3.05, 3.63) is 59.2 Å². The Morgan fingerprint density at radius 2 is 1.92 bits per heavy atom. The van der Waals surface area contributed by atoms with E-state index in [1.54, 1.807) is 63.4 Å². The third kappa shape index (κ3) is 3.44. The number of hydrogen-bond acceptors (Lipinski definition) is 5. The predicted octanol–water partition coefficient (Wildman–Crippen LogP) is 3.37. The maximum Gasteiger partial charge on any atom is 0.189 e. The molecular weight excluding hydrogens is 332 g/mol.